The second-order valence-electron chi connectivity index (χ2n) is 10.0. The lowest BCUT2D eigenvalue weighted by atomic mass is 10.1. The number of nitrogens with zero attached hydrogens (tertiary/aromatic N) is 4. The maximum absolute atomic E-state index is 12.2. The van der Waals surface area contributed by atoms with E-state index in [2.05, 4.69) is 20.3 Å². The third-order valence-corrected chi connectivity index (χ3v) is 5.50. The van der Waals surface area contributed by atoms with Crippen molar-refractivity contribution in [1.29, 1.82) is 0 Å². The van der Waals surface area contributed by atoms with Crippen LogP contribution in [0.3, 0.4) is 0 Å². The number of alkyl carbamates (subject to hydrolysis) is 1. The van der Waals surface area contributed by atoms with Gasteiger partial charge in [0.1, 0.15) is 17.7 Å². The van der Waals surface area contributed by atoms with Crippen molar-refractivity contribution in [3.8, 4) is 0 Å². The Bertz CT molecular complexity index is 1330. The molecule has 15 heteroatoms. The largest absolute Gasteiger partial charge is 0.480 e. The summed E-state index contributed by atoms with van der Waals surface area (Å²) < 4.78 is 11.8. The number of nitro groups is 1. The molecule has 222 valence electrons. The first-order chi connectivity index (χ1) is 19.2. The molecule has 0 spiro atoms. The van der Waals surface area contributed by atoms with E-state index in [1.165, 1.54) is 19.5 Å². The number of nitrogens with one attached hydrogen (secondary N) is 2. The second-order valence-corrected chi connectivity index (χ2v) is 10.0. The van der Waals surface area contributed by atoms with Gasteiger partial charge in [-0.25, -0.2) is 19.6 Å². The van der Waals surface area contributed by atoms with E-state index in [4.69, 9.17) is 20.3 Å². The summed E-state index contributed by atoms with van der Waals surface area (Å²) in [6.07, 6.45) is 5.97. The number of carboxylic acids is 1. The van der Waals surface area contributed by atoms with E-state index in [0.717, 1.165) is 5.56 Å². The average Bonchev–Trinajstić information content (AvgIpc) is 3.54. The van der Waals surface area contributed by atoms with E-state index in [1.54, 1.807) is 63.1 Å². The number of aliphatic carboxylic acids is 1. The molecule has 0 aliphatic carbocycles. The van der Waals surface area contributed by atoms with Crippen molar-refractivity contribution in [1.82, 2.24) is 24.8 Å². The van der Waals surface area contributed by atoms with Gasteiger partial charge in [-0.1, -0.05) is 6.07 Å². The van der Waals surface area contributed by atoms with Crippen LogP contribution >= 0.6 is 0 Å². The van der Waals surface area contributed by atoms with E-state index in [0.29, 0.717) is 23.5 Å². The van der Waals surface area contributed by atoms with Crippen LogP contribution in [0.1, 0.15) is 43.3 Å². The van der Waals surface area contributed by atoms with Crippen molar-refractivity contribution in [3.63, 3.8) is 0 Å². The predicted octanol–water partition coefficient (Wildman–Crippen LogP) is 2.12. The Morgan fingerprint density at radius 2 is 1.98 bits per heavy atom. The Morgan fingerprint density at radius 1 is 1.27 bits per heavy atom. The molecular weight excluding hydrogens is 538 g/mol. The summed E-state index contributed by atoms with van der Waals surface area (Å²) in [7, 11) is 1.24. The number of carbonyl (C=O) groups is 3. The van der Waals surface area contributed by atoms with Gasteiger partial charge in [-0.15, -0.1) is 0 Å². The highest BCUT2D eigenvalue weighted by Gasteiger charge is 2.26. The Balaban J connectivity index is 0.000000446. The number of methoxy groups -OCH3 is 1. The molecule has 41 heavy (non-hydrogen) atoms. The van der Waals surface area contributed by atoms with Crippen LogP contribution < -0.4 is 11.1 Å². The van der Waals surface area contributed by atoms with Crippen LogP contribution in [0.2, 0.25) is 0 Å². The molecular formula is C26H35N7O8. The number of H-pyrrole nitrogens is 1. The zero-order valence-corrected chi connectivity index (χ0v) is 23.5. The lowest BCUT2D eigenvalue weighted by molar-refractivity contribution is -0.385. The number of carboxylic acid groups (broad SMARTS) is 1. The molecule has 1 amide bonds. The van der Waals surface area contributed by atoms with Crippen molar-refractivity contribution in [3.05, 3.63) is 75.9 Å². The summed E-state index contributed by atoms with van der Waals surface area (Å²) in [5.74, 6) is -1.62. The predicted molar refractivity (Wildman–Crippen MR) is 146 cm³/mol. The summed E-state index contributed by atoms with van der Waals surface area (Å²) >= 11 is 0. The standard InChI is InChI=1S/C20H26N4O6.C6H9N3O2/c1-13-8-14(6-7-17(13)24(27)28)11-23-12-21-10-15(23)9-16(18(25)29-5)22-19(26)30-20(2,3)4;7-5(6(10)11)1-4-2-8-3-9-4/h6-8,10,12,16H,9,11H2,1-5H3,(H,22,26);2-3,5H,1,7H2,(H,8,9)(H,10,11)/t16-;/m0./s1. The fourth-order valence-electron chi connectivity index (χ4n) is 3.59. The van der Waals surface area contributed by atoms with Crippen LogP contribution in [0.4, 0.5) is 10.5 Å². The zero-order valence-electron chi connectivity index (χ0n) is 23.5. The van der Waals surface area contributed by atoms with Crippen molar-refractivity contribution < 1.29 is 33.9 Å². The van der Waals surface area contributed by atoms with Crippen molar-refractivity contribution in [2.45, 2.75) is 64.8 Å². The number of esters is 1. The van der Waals surface area contributed by atoms with E-state index >= 15 is 0 Å². The maximum atomic E-state index is 12.2. The molecule has 2 aromatic heterocycles. The summed E-state index contributed by atoms with van der Waals surface area (Å²) in [6.45, 7) is 7.24. The number of hydrogen-bond donors (Lipinski definition) is 4. The second kappa shape index (κ2) is 14.6. The minimum atomic E-state index is -1.01. The summed E-state index contributed by atoms with van der Waals surface area (Å²) in [5, 5.41) is 21.9. The monoisotopic (exact) mass is 573 g/mol. The highest BCUT2D eigenvalue weighted by Crippen LogP contribution is 2.20. The number of aryl methyl sites for hydroxylation is 1. The van der Waals surface area contributed by atoms with Gasteiger partial charge in [0.05, 0.1) is 30.4 Å². The molecule has 1 unspecified atom stereocenters. The van der Waals surface area contributed by atoms with Gasteiger partial charge >= 0.3 is 18.0 Å². The molecule has 0 bridgehead atoms. The molecule has 0 aliphatic heterocycles. The molecule has 0 saturated heterocycles. The van der Waals surface area contributed by atoms with E-state index in [1.807, 2.05) is 0 Å². The van der Waals surface area contributed by atoms with Gasteiger partial charge in [0.25, 0.3) is 5.69 Å². The number of carbonyl (C=O) groups excluding carboxylic acids is 2. The van der Waals surface area contributed by atoms with E-state index in [-0.39, 0.29) is 18.5 Å². The normalized spacial score (nSPS) is 12.3. The molecule has 5 N–H and O–H groups in total. The first-order valence-corrected chi connectivity index (χ1v) is 12.5. The van der Waals surface area contributed by atoms with Gasteiger partial charge in [0.2, 0.25) is 0 Å². The van der Waals surface area contributed by atoms with E-state index in [9.17, 15) is 24.5 Å². The number of nitrogens with two attached hydrogens (primary N) is 1. The molecule has 0 radical (unpaired) electrons. The number of imidazole rings is 2. The lowest BCUT2D eigenvalue weighted by Crippen LogP contribution is -2.45. The highest BCUT2D eigenvalue weighted by atomic mass is 16.6. The molecule has 0 fully saturated rings. The molecule has 1 aromatic carbocycles. The lowest BCUT2D eigenvalue weighted by Gasteiger charge is -2.22. The van der Waals surface area contributed by atoms with Crippen LogP contribution in [-0.4, -0.2) is 72.4 Å². The number of rotatable bonds is 10. The van der Waals surface area contributed by atoms with Crippen molar-refractivity contribution in [2.24, 2.45) is 5.73 Å². The van der Waals surface area contributed by atoms with Crippen molar-refractivity contribution >= 4 is 23.7 Å². The number of aromatic amines is 1. The van der Waals surface area contributed by atoms with Crippen LogP contribution in [-0.2, 0) is 38.4 Å². The molecule has 2 heterocycles. The third kappa shape index (κ3) is 10.7. The van der Waals surface area contributed by atoms with Gasteiger partial charge in [0.15, 0.2) is 0 Å². The van der Waals surface area contributed by atoms with Gasteiger partial charge in [-0.05, 0) is 39.3 Å². The molecule has 3 aromatic rings. The number of benzene rings is 1. The first-order valence-electron chi connectivity index (χ1n) is 12.5. The summed E-state index contributed by atoms with van der Waals surface area (Å²) in [4.78, 5) is 55.8. The average molecular weight is 574 g/mol. The zero-order chi connectivity index (χ0) is 30.7. The SMILES string of the molecule is COC(=O)[C@H](Cc1cncn1Cc1ccc([N+](=O)[O-])c(C)c1)NC(=O)OC(C)(C)C.NC(Cc1c[nH]cn1)C(=O)O. The Labute approximate surface area is 236 Å². The Hall–Kier alpha value is -4.79. The molecule has 3 rings (SSSR count). The fourth-order valence-corrected chi connectivity index (χ4v) is 3.59. The van der Waals surface area contributed by atoms with Gasteiger partial charge in [-0.3, -0.25) is 14.9 Å². The highest BCUT2D eigenvalue weighted by molar-refractivity contribution is 5.81. The number of aromatic nitrogens is 4. The van der Waals surface area contributed by atoms with Gasteiger partial charge in [0, 0.05) is 49.1 Å². The molecule has 0 saturated carbocycles. The topological polar surface area (TPSA) is 218 Å². The Kier molecular flexibility index (Phi) is 11.5. The fraction of sp³-hybridized carbons (Fsp3) is 0.423. The minimum absolute atomic E-state index is 0.0527. The number of ether oxygens (including phenoxy) is 2. The molecule has 15 nitrogen and oxygen atoms in total. The van der Waals surface area contributed by atoms with Crippen LogP contribution in [0.25, 0.3) is 0 Å². The van der Waals surface area contributed by atoms with Crippen molar-refractivity contribution in [2.75, 3.05) is 7.11 Å². The smallest absolute Gasteiger partial charge is 0.408 e. The van der Waals surface area contributed by atoms with Gasteiger partial charge in [-0.2, -0.15) is 0 Å². The third-order valence-electron chi connectivity index (χ3n) is 5.50. The van der Waals surface area contributed by atoms with Crippen LogP contribution in [0.15, 0.2) is 43.2 Å². The van der Waals surface area contributed by atoms with Gasteiger partial charge < -0.3 is 35.2 Å². The summed E-state index contributed by atoms with van der Waals surface area (Å²) in [6, 6.07) is 3.05. The Morgan fingerprint density at radius 3 is 2.51 bits per heavy atom. The molecule has 0 aliphatic rings. The summed E-state index contributed by atoms with van der Waals surface area (Å²) in [5.41, 5.74) is 7.34. The van der Waals surface area contributed by atoms with Crippen LogP contribution in [0.5, 0.6) is 0 Å². The number of hydrogen-bond acceptors (Lipinski definition) is 10. The first kappa shape index (κ1) is 32.4. The number of nitro benzene ring substituents is 1. The quantitative estimate of drug-likeness (QED) is 0.156. The van der Waals surface area contributed by atoms with E-state index < -0.39 is 40.6 Å². The minimum Gasteiger partial charge on any atom is -0.480 e. The maximum Gasteiger partial charge on any atom is 0.408 e. The molecule has 2 atom stereocenters. The number of amides is 1. The van der Waals surface area contributed by atoms with Crippen LogP contribution in [0, 0.1) is 17.0 Å².